The maximum absolute atomic E-state index is 11.2. The SMILES string of the molecule is NCC(=O)CNc1cccc2c1CCCC2. The van der Waals surface area contributed by atoms with Crippen LogP contribution in [-0.2, 0) is 17.6 Å². The van der Waals surface area contributed by atoms with Gasteiger partial charge in [0.1, 0.15) is 0 Å². The third-order valence-corrected chi connectivity index (χ3v) is 3.10. The predicted octanol–water partition coefficient (Wildman–Crippen LogP) is 1.51. The quantitative estimate of drug-likeness (QED) is 0.805. The summed E-state index contributed by atoms with van der Waals surface area (Å²) in [4.78, 5) is 11.2. The fraction of sp³-hybridized carbons (Fsp3) is 0.462. The van der Waals surface area contributed by atoms with Gasteiger partial charge in [0.2, 0.25) is 0 Å². The van der Waals surface area contributed by atoms with Crippen LogP contribution in [0.25, 0.3) is 0 Å². The van der Waals surface area contributed by atoms with Crippen LogP contribution in [0.3, 0.4) is 0 Å². The van der Waals surface area contributed by atoms with Crippen LogP contribution >= 0.6 is 0 Å². The monoisotopic (exact) mass is 218 g/mol. The van der Waals surface area contributed by atoms with E-state index in [1.54, 1.807) is 0 Å². The molecule has 0 amide bonds. The number of hydrogen-bond acceptors (Lipinski definition) is 3. The van der Waals surface area contributed by atoms with E-state index in [0.29, 0.717) is 6.54 Å². The second kappa shape index (κ2) is 5.12. The Bertz CT molecular complexity index is 388. The van der Waals surface area contributed by atoms with Crippen molar-refractivity contribution in [1.29, 1.82) is 0 Å². The van der Waals surface area contributed by atoms with Gasteiger partial charge in [0.15, 0.2) is 5.78 Å². The van der Waals surface area contributed by atoms with Gasteiger partial charge in [-0.15, -0.1) is 0 Å². The number of aryl methyl sites for hydroxylation is 1. The number of Topliss-reactive ketones (excluding diaryl/α,β-unsaturated/α-hetero) is 1. The lowest BCUT2D eigenvalue weighted by molar-refractivity contribution is -0.116. The smallest absolute Gasteiger partial charge is 0.165 e. The lowest BCUT2D eigenvalue weighted by atomic mass is 9.90. The lowest BCUT2D eigenvalue weighted by Crippen LogP contribution is -2.23. The minimum atomic E-state index is 0.0495. The van der Waals surface area contributed by atoms with E-state index in [2.05, 4.69) is 17.4 Å². The highest BCUT2D eigenvalue weighted by Crippen LogP contribution is 2.27. The van der Waals surface area contributed by atoms with Crippen LogP contribution in [-0.4, -0.2) is 18.9 Å². The number of carbonyl (C=O) groups excluding carboxylic acids is 1. The summed E-state index contributed by atoms with van der Waals surface area (Å²) in [7, 11) is 0. The fourth-order valence-corrected chi connectivity index (χ4v) is 2.21. The van der Waals surface area contributed by atoms with Crippen LogP contribution < -0.4 is 11.1 Å². The number of hydrogen-bond donors (Lipinski definition) is 2. The second-order valence-electron chi connectivity index (χ2n) is 4.25. The Labute approximate surface area is 96.0 Å². The lowest BCUT2D eigenvalue weighted by Gasteiger charge is -2.19. The summed E-state index contributed by atoms with van der Waals surface area (Å²) in [5, 5.41) is 3.19. The van der Waals surface area contributed by atoms with Crippen molar-refractivity contribution in [1.82, 2.24) is 0 Å². The third kappa shape index (κ3) is 2.42. The van der Waals surface area contributed by atoms with Gasteiger partial charge in [0, 0.05) is 5.69 Å². The number of benzene rings is 1. The molecule has 0 unspecified atom stereocenters. The van der Waals surface area contributed by atoms with Crippen LogP contribution in [0.4, 0.5) is 5.69 Å². The van der Waals surface area contributed by atoms with Gasteiger partial charge < -0.3 is 11.1 Å². The van der Waals surface area contributed by atoms with Crippen molar-refractivity contribution >= 4 is 11.5 Å². The van der Waals surface area contributed by atoms with Crippen LogP contribution in [0.2, 0.25) is 0 Å². The first-order valence-electron chi connectivity index (χ1n) is 5.87. The Balaban J connectivity index is 2.11. The van der Waals surface area contributed by atoms with Gasteiger partial charge in [-0.3, -0.25) is 4.79 Å². The molecular weight excluding hydrogens is 200 g/mol. The van der Waals surface area contributed by atoms with Crippen LogP contribution in [0.5, 0.6) is 0 Å². The number of nitrogens with two attached hydrogens (primary N) is 1. The van der Waals surface area contributed by atoms with E-state index in [1.807, 2.05) is 6.07 Å². The number of carbonyl (C=O) groups is 1. The van der Waals surface area contributed by atoms with Crippen LogP contribution in [0, 0.1) is 0 Å². The first kappa shape index (κ1) is 11.1. The summed E-state index contributed by atoms with van der Waals surface area (Å²) < 4.78 is 0. The predicted molar refractivity (Wildman–Crippen MR) is 65.6 cm³/mol. The van der Waals surface area contributed by atoms with E-state index < -0.39 is 0 Å². The number of anilines is 1. The zero-order valence-corrected chi connectivity index (χ0v) is 9.46. The van der Waals surface area contributed by atoms with Gasteiger partial charge in [-0.1, -0.05) is 12.1 Å². The largest absolute Gasteiger partial charge is 0.378 e. The van der Waals surface area contributed by atoms with Gasteiger partial charge in [0.05, 0.1) is 13.1 Å². The molecule has 2 rings (SSSR count). The molecule has 1 aliphatic carbocycles. The highest BCUT2D eigenvalue weighted by atomic mass is 16.1. The molecule has 0 spiro atoms. The van der Waals surface area contributed by atoms with Crippen molar-refractivity contribution in [2.24, 2.45) is 5.73 Å². The molecule has 0 aromatic heterocycles. The number of nitrogens with one attached hydrogen (secondary N) is 1. The molecule has 0 radical (unpaired) electrons. The molecule has 1 aromatic carbocycles. The first-order chi connectivity index (χ1) is 7.81. The van der Waals surface area contributed by atoms with E-state index in [-0.39, 0.29) is 12.3 Å². The maximum atomic E-state index is 11.2. The Morgan fingerprint density at radius 2 is 2.12 bits per heavy atom. The van der Waals surface area contributed by atoms with Crippen LogP contribution in [0.1, 0.15) is 24.0 Å². The molecule has 0 aliphatic heterocycles. The minimum absolute atomic E-state index is 0.0495. The van der Waals surface area contributed by atoms with Crippen molar-refractivity contribution in [3.8, 4) is 0 Å². The van der Waals surface area contributed by atoms with E-state index in [1.165, 1.54) is 24.0 Å². The zero-order chi connectivity index (χ0) is 11.4. The molecular formula is C13H18N2O. The van der Waals surface area contributed by atoms with Crippen molar-refractivity contribution in [2.75, 3.05) is 18.4 Å². The van der Waals surface area contributed by atoms with Crippen molar-refractivity contribution < 1.29 is 4.79 Å². The summed E-state index contributed by atoms with van der Waals surface area (Å²) in [5.74, 6) is 0.0495. The molecule has 0 fully saturated rings. The molecule has 1 aromatic rings. The first-order valence-corrected chi connectivity index (χ1v) is 5.87. The maximum Gasteiger partial charge on any atom is 0.165 e. The molecule has 3 heteroatoms. The Kier molecular flexibility index (Phi) is 3.57. The Morgan fingerprint density at radius 3 is 2.94 bits per heavy atom. The van der Waals surface area contributed by atoms with Crippen molar-refractivity contribution in [3.63, 3.8) is 0 Å². The van der Waals surface area contributed by atoms with Gasteiger partial charge in [-0.2, -0.15) is 0 Å². The fourth-order valence-electron chi connectivity index (χ4n) is 2.21. The molecule has 0 saturated carbocycles. The highest BCUT2D eigenvalue weighted by molar-refractivity contribution is 5.84. The van der Waals surface area contributed by atoms with E-state index in [0.717, 1.165) is 18.5 Å². The highest BCUT2D eigenvalue weighted by Gasteiger charge is 2.12. The summed E-state index contributed by atoms with van der Waals surface area (Å²) >= 11 is 0. The third-order valence-electron chi connectivity index (χ3n) is 3.10. The van der Waals surface area contributed by atoms with E-state index in [4.69, 9.17) is 5.73 Å². The molecule has 86 valence electrons. The number of rotatable bonds is 4. The minimum Gasteiger partial charge on any atom is -0.378 e. The summed E-state index contributed by atoms with van der Waals surface area (Å²) in [6.45, 7) is 0.453. The van der Waals surface area contributed by atoms with Crippen LogP contribution in [0.15, 0.2) is 18.2 Å². The molecule has 0 saturated heterocycles. The average Bonchev–Trinajstić information content (AvgIpc) is 2.35. The number of fused-ring (bicyclic) bond motifs is 1. The van der Waals surface area contributed by atoms with E-state index >= 15 is 0 Å². The zero-order valence-electron chi connectivity index (χ0n) is 9.46. The topological polar surface area (TPSA) is 55.1 Å². The molecule has 1 aliphatic rings. The van der Waals surface area contributed by atoms with Gasteiger partial charge >= 0.3 is 0 Å². The second-order valence-corrected chi connectivity index (χ2v) is 4.25. The average molecular weight is 218 g/mol. The van der Waals surface area contributed by atoms with Crippen molar-refractivity contribution in [3.05, 3.63) is 29.3 Å². The normalized spacial score (nSPS) is 14.3. The molecule has 16 heavy (non-hydrogen) atoms. The van der Waals surface area contributed by atoms with Crippen molar-refractivity contribution in [2.45, 2.75) is 25.7 Å². The molecule has 3 nitrogen and oxygen atoms in total. The Hall–Kier alpha value is -1.35. The molecule has 3 N–H and O–H groups in total. The van der Waals surface area contributed by atoms with E-state index in [9.17, 15) is 4.79 Å². The summed E-state index contributed by atoms with van der Waals surface area (Å²) in [6.07, 6.45) is 4.81. The molecule has 0 heterocycles. The summed E-state index contributed by atoms with van der Waals surface area (Å²) in [6, 6.07) is 6.29. The standard InChI is InChI=1S/C13H18N2O/c14-8-11(16)9-15-13-7-3-5-10-4-1-2-6-12(10)13/h3,5,7,15H,1-2,4,6,8-9,14H2. The summed E-state index contributed by atoms with van der Waals surface area (Å²) in [5.41, 5.74) is 9.21. The number of ketones is 1. The van der Waals surface area contributed by atoms with Gasteiger partial charge in [-0.05, 0) is 42.9 Å². The van der Waals surface area contributed by atoms with Gasteiger partial charge in [-0.25, -0.2) is 0 Å². The Morgan fingerprint density at radius 1 is 1.31 bits per heavy atom. The van der Waals surface area contributed by atoms with Gasteiger partial charge in [0.25, 0.3) is 0 Å². The molecule has 0 bridgehead atoms. The molecule has 0 atom stereocenters.